The van der Waals surface area contributed by atoms with Gasteiger partial charge in [-0.2, -0.15) is 0 Å². The van der Waals surface area contributed by atoms with Crippen LogP contribution >= 0.6 is 0 Å². The van der Waals surface area contributed by atoms with Crippen molar-refractivity contribution in [3.05, 3.63) is 65.4 Å². The molecule has 0 aromatic heterocycles. The van der Waals surface area contributed by atoms with Gasteiger partial charge in [-0.25, -0.2) is 0 Å². The van der Waals surface area contributed by atoms with Gasteiger partial charge in [-0.3, -0.25) is 25.2 Å². The van der Waals surface area contributed by atoms with E-state index in [1.54, 1.807) is 18.3 Å². The van der Waals surface area contributed by atoms with Crippen molar-refractivity contribution in [2.24, 2.45) is 0 Å². The molecule has 0 spiro atoms. The van der Waals surface area contributed by atoms with Gasteiger partial charge in [0, 0.05) is 18.7 Å². The van der Waals surface area contributed by atoms with Crippen LogP contribution in [0, 0.1) is 0 Å². The SMILES string of the molecule is CCOc1ccc(C(=O)NNC(=O)C[C@H]2c3ccccc3C=CN2C(C)=O)cc1OC. The first kappa shape index (κ1) is 21.9. The highest BCUT2D eigenvalue weighted by Crippen LogP contribution is 2.32. The van der Waals surface area contributed by atoms with Crippen molar-refractivity contribution >= 4 is 23.8 Å². The number of methoxy groups -OCH3 is 1. The molecule has 2 N–H and O–H groups in total. The first-order valence-corrected chi connectivity index (χ1v) is 9.90. The van der Waals surface area contributed by atoms with Crippen molar-refractivity contribution in [3.8, 4) is 11.5 Å². The lowest BCUT2D eigenvalue weighted by Crippen LogP contribution is -2.43. The molecule has 3 rings (SSSR count). The molecule has 8 nitrogen and oxygen atoms in total. The van der Waals surface area contributed by atoms with Crippen molar-refractivity contribution < 1.29 is 23.9 Å². The summed E-state index contributed by atoms with van der Waals surface area (Å²) in [6.07, 6.45) is 3.51. The lowest BCUT2D eigenvalue weighted by atomic mass is 9.93. The van der Waals surface area contributed by atoms with E-state index in [1.165, 1.54) is 25.0 Å². The molecule has 1 heterocycles. The molecule has 2 aromatic carbocycles. The minimum atomic E-state index is -0.498. The van der Waals surface area contributed by atoms with E-state index in [4.69, 9.17) is 9.47 Å². The van der Waals surface area contributed by atoms with Crippen LogP contribution < -0.4 is 20.3 Å². The van der Waals surface area contributed by atoms with Crippen molar-refractivity contribution in [2.45, 2.75) is 26.3 Å². The molecule has 1 aliphatic rings. The number of carbonyl (C=O) groups is 3. The summed E-state index contributed by atoms with van der Waals surface area (Å²) in [5.41, 5.74) is 6.95. The molecule has 3 amide bonds. The maximum Gasteiger partial charge on any atom is 0.269 e. The van der Waals surface area contributed by atoms with Crippen LogP contribution in [-0.2, 0) is 9.59 Å². The number of rotatable bonds is 6. The second kappa shape index (κ2) is 9.80. The van der Waals surface area contributed by atoms with E-state index in [2.05, 4.69) is 10.9 Å². The molecule has 0 bridgehead atoms. The molecule has 0 fully saturated rings. The molecule has 0 saturated heterocycles. The quantitative estimate of drug-likeness (QED) is 0.697. The van der Waals surface area contributed by atoms with E-state index in [1.807, 2.05) is 37.3 Å². The number of hydrogen-bond acceptors (Lipinski definition) is 5. The monoisotopic (exact) mass is 423 g/mol. The Morgan fingerprint density at radius 3 is 2.55 bits per heavy atom. The Morgan fingerprint density at radius 2 is 1.84 bits per heavy atom. The third-order valence-electron chi connectivity index (χ3n) is 4.89. The highest BCUT2D eigenvalue weighted by Gasteiger charge is 2.28. The normalized spacial score (nSPS) is 14.4. The number of nitrogens with zero attached hydrogens (tertiary/aromatic N) is 1. The average molecular weight is 423 g/mol. The van der Waals surface area contributed by atoms with Gasteiger partial charge < -0.3 is 14.4 Å². The molecule has 1 atom stereocenters. The molecule has 0 aliphatic carbocycles. The summed E-state index contributed by atoms with van der Waals surface area (Å²) in [4.78, 5) is 38.6. The molecular formula is C23H25N3O5. The van der Waals surface area contributed by atoms with Gasteiger partial charge in [-0.1, -0.05) is 24.3 Å². The van der Waals surface area contributed by atoms with Crippen LogP contribution in [0.4, 0.5) is 0 Å². The number of benzene rings is 2. The van der Waals surface area contributed by atoms with E-state index in [9.17, 15) is 14.4 Å². The van der Waals surface area contributed by atoms with Crippen LogP contribution in [-0.4, -0.2) is 36.3 Å². The largest absolute Gasteiger partial charge is 0.493 e. The Morgan fingerprint density at radius 1 is 1.06 bits per heavy atom. The van der Waals surface area contributed by atoms with Crippen LogP contribution in [0.3, 0.4) is 0 Å². The zero-order valence-corrected chi connectivity index (χ0v) is 17.7. The molecule has 8 heteroatoms. The molecule has 0 saturated carbocycles. The number of nitrogens with one attached hydrogen (secondary N) is 2. The van der Waals surface area contributed by atoms with Gasteiger partial charge in [-0.15, -0.1) is 0 Å². The first-order chi connectivity index (χ1) is 14.9. The van der Waals surface area contributed by atoms with Gasteiger partial charge in [-0.05, 0) is 42.3 Å². The summed E-state index contributed by atoms with van der Waals surface area (Å²) in [6, 6.07) is 11.9. The van der Waals surface area contributed by atoms with Crippen LogP contribution in [0.2, 0.25) is 0 Å². The topological polar surface area (TPSA) is 97.0 Å². The van der Waals surface area contributed by atoms with Gasteiger partial charge in [0.05, 0.1) is 26.2 Å². The number of ether oxygens (including phenoxy) is 2. The third kappa shape index (κ3) is 5.03. The summed E-state index contributed by atoms with van der Waals surface area (Å²) < 4.78 is 10.7. The maximum atomic E-state index is 12.6. The molecule has 0 unspecified atom stereocenters. The molecular weight excluding hydrogens is 398 g/mol. The number of amides is 3. The lowest BCUT2D eigenvalue weighted by molar-refractivity contribution is -0.130. The molecule has 1 aliphatic heterocycles. The Labute approximate surface area is 180 Å². The minimum Gasteiger partial charge on any atom is -0.493 e. The molecule has 2 aromatic rings. The molecule has 31 heavy (non-hydrogen) atoms. The van der Waals surface area contributed by atoms with E-state index < -0.39 is 17.9 Å². The van der Waals surface area contributed by atoms with Gasteiger partial charge in [0.1, 0.15) is 0 Å². The van der Waals surface area contributed by atoms with Crippen molar-refractivity contribution in [1.29, 1.82) is 0 Å². The summed E-state index contributed by atoms with van der Waals surface area (Å²) in [7, 11) is 1.48. The fourth-order valence-electron chi connectivity index (χ4n) is 3.42. The fraction of sp³-hybridized carbons (Fsp3) is 0.261. The highest BCUT2D eigenvalue weighted by atomic mass is 16.5. The Hall–Kier alpha value is -3.81. The Kier molecular flexibility index (Phi) is 6.92. The number of carbonyl (C=O) groups excluding carboxylic acids is 3. The summed E-state index contributed by atoms with van der Waals surface area (Å²) in [6.45, 7) is 3.77. The predicted molar refractivity (Wildman–Crippen MR) is 115 cm³/mol. The fourth-order valence-corrected chi connectivity index (χ4v) is 3.42. The van der Waals surface area contributed by atoms with Gasteiger partial charge >= 0.3 is 0 Å². The van der Waals surface area contributed by atoms with E-state index in [0.29, 0.717) is 23.7 Å². The van der Waals surface area contributed by atoms with Crippen LogP contribution in [0.25, 0.3) is 6.08 Å². The first-order valence-electron chi connectivity index (χ1n) is 9.90. The van der Waals surface area contributed by atoms with E-state index in [-0.39, 0.29) is 12.3 Å². The van der Waals surface area contributed by atoms with Gasteiger partial charge in [0.2, 0.25) is 11.8 Å². The van der Waals surface area contributed by atoms with Gasteiger partial charge in [0.15, 0.2) is 11.5 Å². The zero-order valence-electron chi connectivity index (χ0n) is 17.7. The predicted octanol–water partition coefficient (Wildman–Crippen LogP) is 2.82. The summed E-state index contributed by atoms with van der Waals surface area (Å²) in [5, 5.41) is 0. The smallest absolute Gasteiger partial charge is 0.269 e. The molecule has 0 radical (unpaired) electrons. The minimum absolute atomic E-state index is 0.00614. The van der Waals surface area contributed by atoms with E-state index >= 15 is 0 Å². The Bertz CT molecular complexity index is 1020. The van der Waals surface area contributed by atoms with E-state index in [0.717, 1.165) is 11.1 Å². The van der Waals surface area contributed by atoms with Crippen molar-refractivity contribution in [2.75, 3.05) is 13.7 Å². The third-order valence-corrected chi connectivity index (χ3v) is 4.89. The number of fused-ring (bicyclic) bond motifs is 1. The lowest BCUT2D eigenvalue weighted by Gasteiger charge is -2.32. The number of hydrogen-bond donors (Lipinski definition) is 2. The van der Waals surface area contributed by atoms with Crippen molar-refractivity contribution in [3.63, 3.8) is 0 Å². The summed E-state index contributed by atoms with van der Waals surface area (Å²) in [5.74, 6) is -0.147. The van der Waals surface area contributed by atoms with Crippen LogP contribution in [0.15, 0.2) is 48.7 Å². The second-order valence-corrected chi connectivity index (χ2v) is 6.89. The van der Waals surface area contributed by atoms with Gasteiger partial charge in [0.25, 0.3) is 5.91 Å². The van der Waals surface area contributed by atoms with Crippen molar-refractivity contribution in [1.82, 2.24) is 15.8 Å². The summed E-state index contributed by atoms with van der Waals surface area (Å²) >= 11 is 0. The number of hydrazine groups is 1. The average Bonchev–Trinajstić information content (AvgIpc) is 2.78. The van der Waals surface area contributed by atoms with Crippen LogP contribution in [0.5, 0.6) is 11.5 Å². The molecule has 162 valence electrons. The highest BCUT2D eigenvalue weighted by molar-refractivity contribution is 5.96. The second-order valence-electron chi connectivity index (χ2n) is 6.89. The van der Waals surface area contributed by atoms with Crippen LogP contribution in [0.1, 0.15) is 47.8 Å². The maximum absolute atomic E-state index is 12.6. The zero-order chi connectivity index (χ0) is 22.4. The standard InChI is InChI=1S/C23H25N3O5/c1-4-31-20-10-9-17(13-21(20)30-3)23(29)25-24-22(28)14-19-18-8-6-5-7-16(18)11-12-26(19)15(2)27/h5-13,19H,4,14H2,1-3H3,(H,24,28)(H,25,29)/t19-/m0/s1. The Balaban J connectivity index is 1.66.